The molecule has 0 fully saturated rings. The quantitative estimate of drug-likeness (QED) is 0.541. The first-order valence-electron chi connectivity index (χ1n) is 7.98. The van der Waals surface area contributed by atoms with E-state index in [1.165, 1.54) is 18.6 Å². The summed E-state index contributed by atoms with van der Waals surface area (Å²) in [7, 11) is 1.60. The lowest BCUT2D eigenvalue weighted by atomic mass is 10.1. The number of amides is 1. The molecule has 0 spiro atoms. The number of carbonyl (C=O) groups is 1. The van der Waals surface area contributed by atoms with Crippen molar-refractivity contribution in [3.05, 3.63) is 58.7 Å². The van der Waals surface area contributed by atoms with Crippen LogP contribution in [0.25, 0.3) is 0 Å². The Kier molecular flexibility index (Phi) is 5.67. The smallest absolute Gasteiger partial charge is 0.278 e. The maximum absolute atomic E-state index is 12.3. The Labute approximate surface area is 163 Å². The summed E-state index contributed by atoms with van der Waals surface area (Å²) in [6, 6.07) is 5.46. The van der Waals surface area contributed by atoms with Crippen molar-refractivity contribution in [3.8, 4) is 5.75 Å². The lowest BCUT2D eigenvalue weighted by molar-refractivity contribution is 0.102. The first-order valence-corrected chi connectivity index (χ1v) is 8.77. The van der Waals surface area contributed by atoms with Gasteiger partial charge in [-0.2, -0.15) is 5.10 Å². The van der Waals surface area contributed by atoms with Crippen LogP contribution in [-0.4, -0.2) is 39.3 Å². The van der Waals surface area contributed by atoms with E-state index in [0.29, 0.717) is 18.0 Å². The predicted molar refractivity (Wildman–Crippen MR) is 105 cm³/mol. The molecule has 27 heavy (non-hydrogen) atoms. The number of nitrogens with two attached hydrogens (primary N) is 2. The summed E-state index contributed by atoms with van der Waals surface area (Å²) in [5.41, 5.74) is 13.1. The largest absolute Gasteiger partial charge is 0.497 e. The van der Waals surface area contributed by atoms with E-state index in [1.54, 1.807) is 18.0 Å². The van der Waals surface area contributed by atoms with Gasteiger partial charge in [-0.05, 0) is 23.8 Å². The van der Waals surface area contributed by atoms with Gasteiger partial charge in [0.15, 0.2) is 11.5 Å². The molecule has 9 nitrogen and oxygen atoms in total. The second-order valence-corrected chi connectivity index (χ2v) is 6.54. The molecule has 1 aromatic carbocycles. The van der Waals surface area contributed by atoms with E-state index in [-0.39, 0.29) is 17.6 Å². The van der Waals surface area contributed by atoms with Gasteiger partial charge >= 0.3 is 0 Å². The second kappa shape index (κ2) is 8.14. The van der Waals surface area contributed by atoms with E-state index in [0.717, 1.165) is 10.0 Å². The molecule has 0 bridgehead atoms. The zero-order valence-corrected chi connectivity index (χ0v) is 16.0. The fourth-order valence-electron chi connectivity index (χ4n) is 2.58. The topological polar surface area (TPSA) is 134 Å². The molecular formula is C17H18BrN7O2. The SMILES string of the molecule is COc1cc(Br)cc(C(CN)n2cc(NC(=O)c3nccnc3N)cn2)c1. The van der Waals surface area contributed by atoms with Crippen molar-refractivity contribution >= 4 is 33.3 Å². The highest BCUT2D eigenvalue weighted by atomic mass is 79.9. The first-order chi connectivity index (χ1) is 13.0. The van der Waals surface area contributed by atoms with Crippen LogP contribution in [0.2, 0.25) is 0 Å². The van der Waals surface area contributed by atoms with Crippen LogP contribution >= 0.6 is 15.9 Å². The van der Waals surface area contributed by atoms with Crippen LogP contribution < -0.4 is 21.5 Å². The van der Waals surface area contributed by atoms with Gasteiger partial charge in [-0.25, -0.2) is 9.97 Å². The van der Waals surface area contributed by atoms with Crippen LogP contribution in [0, 0.1) is 0 Å². The molecule has 1 unspecified atom stereocenters. The Balaban J connectivity index is 1.82. The van der Waals surface area contributed by atoms with E-state index < -0.39 is 5.91 Å². The number of hydrogen-bond donors (Lipinski definition) is 3. The predicted octanol–water partition coefficient (Wildman–Crippen LogP) is 1.83. The van der Waals surface area contributed by atoms with Crippen molar-refractivity contribution < 1.29 is 9.53 Å². The molecule has 0 aliphatic carbocycles. The van der Waals surface area contributed by atoms with Crippen molar-refractivity contribution in [3.63, 3.8) is 0 Å². The van der Waals surface area contributed by atoms with Gasteiger partial charge in [-0.15, -0.1) is 0 Å². The Morgan fingerprint density at radius 3 is 2.81 bits per heavy atom. The van der Waals surface area contributed by atoms with Crippen LogP contribution in [0.1, 0.15) is 22.1 Å². The van der Waals surface area contributed by atoms with Gasteiger partial charge < -0.3 is 21.5 Å². The van der Waals surface area contributed by atoms with Gasteiger partial charge in [0.1, 0.15) is 5.75 Å². The number of methoxy groups -OCH3 is 1. The monoisotopic (exact) mass is 431 g/mol. The number of anilines is 2. The molecule has 3 rings (SSSR count). The molecule has 0 aliphatic rings. The maximum atomic E-state index is 12.3. The number of halogens is 1. The summed E-state index contributed by atoms with van der Waals surface area (Å²) in [6.07, 6.45) is 6.04. The van der Waals surface area contributed by atoms with E-state index in [4.69, 9.17) is 16.2 Å². The highest BCUT2D eigenvalue weighted by molar-refractivity contribution is 9.10. The number of nitrogens with one attached hydrogen (secondary N) is 1. The van der Waals surface area contributed by atoms with Crippen LogP contribution in [0.15, 0.2) is 47.5 Å². The molecule has 10 heteroatoms. The van der Waals surface area contributed by atoms with Gasteiger partial charge in [-0.1, -0.05) is 15.9 Å². The number of aromatic nitrogens is 4. The molecule has 0 aliphatic heterocycles. The number of nitrogens with zero attached hydrogens (tertiary/aromatic N) is 4. The van der Waals surface area contributed by atoms with Crippen LogP contribution in [-0.2, 0) is 0 Å². The highest BCUT2D eigenvalue weighted by Gasteiger charge is 2.17. The van der Waals surface area contributed by atoms with E-state index in [2.05, 4.69) is 36.3 Å². The minimum Gasteiger partial charge on any atom is -0.497 e. The van der Waals surface area contributed by atoms with Gasteiger partial charge in [0, 0.05) is 29.6 Å². The van der Waals surface area contributed by atoms with Gasteiger partial charge in [0.05, 0.1) is 25.0 Å². The molecule has 0 saturated heterocycles. The molecule has 1 atom stereocenters. The molecule has 0 saturated carbocycles. The number of ether oxygens (including phenoxy) is 1. The van der Waals surface area contributed by atoms with Crippen molar-refractivity contribution in [2.75, 3.05) is 24.7 Å². The number of rotatable bonds is 6. The van der Waals surface area contributed by atoms with E-state index in [1.807, 2.05) is 18.2 Å². The average molecular weight is 432 g/mol. The van der Waals surface area contributed by atoms with E-state index >= 15 is 0 Å². The van der Waals surface area contributed by atoms with Crippen LogP contribution in [0.3, 0.4) is 0 Å². The molecule has 3 aromatic rings. The van der Waals surface area contributed by atoms with Gasteiger partial charge in [0.2, 0.25) is 0 Å². The third-order valence-corrected chi connectivity index (χ3v) is 4.32. The minimum atomic E-state index is -0.464. The molecule has 2 heterocycles. The summed E-state index contributed by atoms with van der Waals surface area (Å²) in [4.78, 5) is 20.1. The van der Waals surface area contributed by atoms with Crippen molar-refractivity contribution in [2.45, 2.75) is 6.04 Å². The second-order valence-electron chi connectivity index (χ2n) is 5.63. The lowest BCUT2D eigenvalue weighted by Gasteiger charge is -2.17. The summed E-state index contributed by atoms with van der Waals surface area (Å²) in [5.74, 6) is 0.300. The molecule has 2 aromatic heterocycles. The molecule has 5 N–H and O–H groups in total. The fraction of sp³-hybridized carbons (Fsp3) is 0.176. The standard InChI is InChI=1S/C17H18BrN7O2/c1-27-13-5-10(4-11(18)6-13)14(7-19)25-9-12(8-23-25)24-17(26)15-16(20)22-3-2-21-15/h2-6,8-9,14H,7,19H2,1H3,(H2,20,22)(H,24,26). The van der Waals surface area contributed by atoms with Crippen LogP contribution in [0.5, 0.6) is 5.75 Å². The Bertz CT molecular complexity index is 960. The van der Waals surface area contributed by atoms with Gasteiger partial charge in [0.25, 0.3) is 5.91 Å². The summed E-state index contributed by atoms with van der Waals surface area (Å²) in [5, 5.41) is 7.02. The summed E-state index contributed by atoms with van der Waals surface area (Å²) < 4.78 is 7.85. The number of hydrogen-bond acceptors (Lipinski definition) is 7. The van der Waals surface area contributed by atoms with Crippen molar-refractivity contribution in [1.82, 2.24) is 19.7 Å². The maximum Gasteiger partial charge on any atom is 0.278 e. The molecule has 1 amide bonds. The Morgan fingerprint density at radius 2 is 2.11 bits per heavy atom. The molecule has 140 valence electrons. The number of carbonyl (C=O) groups excluding carboxylic acids is 1. The number of benzene rings is 1. The third kappa shape index (κ3) is 4.23. The fourth-order valence-corrected chi connectivity index (χ4v) is 3.07. The summed E-state index contributed by atoms with van der Waals surface area (Å²) in [6.45, 7) is 0.311. The van der Waals surface area contributed by atoms with Crippen LogP contribution in [0.4, 0.5) is 11.5 Å². The third-order valence-electron chi connectivity index (χ3n) is 3.86. The summed E-state index contributed by atoms with van der Waals surface area (Å²) >= 11 is 3.46. The highest BCUT2D eigenvalue weighted by Crippen LogP contribution is 2.27. The molecular weight excluding hydrogens is 414 g/mol. The lowest BCUT2D eigenvalue weighted by Crippen LogP contribution is -2.21. The Morgan fingerprint density at radius 1 is 1.33 bits per heavy atom. The average Bonchev–Trinajstić information content (AvgIpc) is 3.10. The first kappa shape index (κ1) is 18.8. The minimum absolute atomic E-state index is 0.0531. The van der Waals surface area contributed by atoms with Crippen molar-refractivity contribution in [2.24, 2.45) is 5.73 Å². The number of nitrogen functional groups attached to an aromatic ring is 1. The molecule has 0 radical (unpaired) electrons. The van der Waals surface area contributed by atoms with E-state index in [9.17, 15) is 4.79 Å². The zero-order valence-electron chi connectivity index (χ0n) is 14.5. The normalized spacial score (nSPS) is 11.8. The van der Waals surface area contributed by atoms with Gasteiger partial charge in [-0.3, -0.25) is 9.48 Å². The Hall–Kier alpha value is -2.98. The van der Waals surface area contributed by atoms with Crippen molar-refractivity contribution in [1.29, 1.82) is 0 Å². The zero-order chi connectivity index (χ0) is 19.4.